The lowest BCUT2D eigenvalue weighted by Crippen LogP contribution is -2.24. The van der Waals surface area contributed by atoms with Crippen LogP contribution in [0.5, 0.6) is 0 Å². The van der Waals surface area contributed by atoms with E-state index in [1.165, 1.54) is 18.5 Å². The van der Waals surface area contributed by atoms with Gasteiger partial charge in [-0.05, 0) is 24.8 Å². The zero-order chi connectivity index (χ0) is 13.0. The van der Waals surface area contributed by atoms with Crippen molar-refractivity contribution >= 4 is 21.6 Å². The number of fused-ring (bicyclic) bond motifs is 1. The predicted octanol–water partition coefficient (Wildman–Crippen LogP) is 3.24. The number of alkyl halides is 3. The van der Waals surface area contributed by atoms with Gasteiger partial charge in [0.05, 0.1) is 5.56 Å². The van der Waals surface area contributed by atoms with Gasteiger partial charge in [0.15, 0.2) is 0 Å². The summed E-state index contributed by atoms with van der Waals surface area (Å²) in [5, 5.41) is 1.78. The second-order valence-electron chi connectivity index (χ2n) is 3.96. The first-order chi connectivity index (χ1) is 7.75. The molecule has 0 aliphatic heterocycles. The van der Waals surface area contributed by atoms with Crippen LogP contribution in [0.15, 0.2) is 10.2 Å². The first kappa shape index (κ1) is 12.2. The van der Waals surface area contributed by atoms with Crippen LogP contribution in [-0.2, 0) is 13.2 Å². The number of nitrogens with zero attached hydrogens (tertiary/aromatic N) is 1. The quantitative estimate of drug-likeness (QED) is 0.713. The number of hydrogen-bond acceptors (Lipinski definition) is 2. The molecule has 2 aromatic rings. The highest BCUT2D eigenvalue weighted by Gasteiger charge is 2.37. The van der Waals surface area contributed by atoms with E-state index >= 15 is 0 Å². The second-order valence-corrected chi connectivity index (χ2v) is 4.82. The van der Waals surface area contributed by atoms with Crippen LogP contribution in [0, 0.1) is 13.8 Å². The molecule has 2 rings (SSSR count). The van der Waals surface area contributed by atoms with Crippen LogP contribution in [0.3, 0.4) is 0 Å². The molecule has 0 radical (unpaired) electrons. The normalized spacial score (nSPS) is 12.4. The molecule has 2 aromatic heterocycles. The summed E-state index contributed by atoms with van der Waals surface area (Å²) in [5.74, 6) is 0. The number of pyridine rings is 1. The molecule has 0 atom stereocenters. The predicted molar refractivity (Wildman–Crippen MR) is 61.5 cm³/mol. The van der Waals surface area contributed by atoms with Crippen LogP contribution in [-0.4, -0.2) is 4.57 Å². The summed E-state index contributed by atoms with van der Waals surface area (Å²) in [6.45, 7) is 2.85. The van der Waals surface area contributed by atoms with Gasteiger partial charge in [0.25, 0.3) is 5.56 Å². The van der Waals surface area contributed by atoms with Crippen molar-refractivity contribution in [2.75, 3.05) is 0 Å². The van der Waals surface area contributed by atoms with E-state index in [4.69, 9.17) is 0 Å². The van der Waals surface area contributed by atoms with Gasteiger partial charge in [-0.1, -0.05) is 0 Å². The molecule has 0 unspecified atom stereocenters. The molecule has 0 N–H and O–H groups in total. The minimum Gasteiger partial charge on any atom is -0.303 e. The molecule has 17 heavy (non-hydrogen) atoms. The van der Waals surface area contributed by atoms with Crippen molar-refractivity contribution in [3.05, 3.63) is 32.4 Å². The standard InChI is InChI=1S/C11H10F3NOS/c1-5-4-17-10-7(5)8(11(12,13)14)6(2)9(16)15(10)3/h4H,1-3H3. The first-order valence-corrected chi connectivity index (χ1v) is 5.77. The molecular formula is C11H10F3NOS. The molecule has 0 saturated carbocycles. The minimum absolute atomic E-state index is 0.141. The fourth-order valence-corrected chi connectivity index (χ4v) is 3.00. The van der Waals surface area contributed by atoms with Crippen molar-refractivity contribution in [1.29, 1.82) is 0 Å². The van der Waals surface area contributed by atoms with Crippen molar-refractivity contribution in [2.24, 2.45) is 7.05 Å². The molecule has 0 aliphatic carbocycles. The maximum atomic E-state index is 13.0. The SMILES string of the molecule is Cc1c(C(F)(F)F)c2c(C)csc2n(C)c1=O. The number of hydrogen-bond donors (Lipinski definition) is 0. The Bertz CT molecular complexity index is 651. The average Bonchev–Trinajstić information content (AvgIpc) is 2.56. The fraction of sp³-hybridized carbons (Fsp3) is 0.364. The van der Waals surface area contributed by atoms with Crippen molar-refractivity contribution in [1.82, 2.24) is 4.57 Å². The molecule has 0 aromatic carbocycles. The molecule has 0 spiro atoms. The van der Waals surface area contributed by atoms with E-state index in [1.807, 2.05) is 0 Å². The largest absolute Gasteiger partial charge is 0.417 e. The minimum atomic E-state index is -4.50. The first-order valence-electron chi connectivity index (χ1n) is 4.89. The van der Waals surface area contributed by atoms with Gasteiger partial charge >= 0.3 is 6.18 Å². The lowest BCUT2D eigenvalue weighted by atomic mass is 10.0. The summed E-state index contributed by atoms with van der Waals surface area (Å²) in [7, 11) is 1.49. The van der Waals surface area contributed by atoms with E-state index in [-0.39, 0.29) is 10.9 Å². The van der Waals surface area contributed by atoms with Crippen LogP contribution in [0.2, 0.25) is 0 Å². The Morgan fingerprint density at radius 2 is 1.88 bits per heavy atom. The van der Waals surface area contributed by atoms with Crippen LogP contribution in [0.25, 0.3) is 10.2 Å². The summed E-state index contributed by atoms with van der Waals surface area (Å²) in [4.78, 5) is 12.1. The Morgan fingerprint density at radius 3 is 2.41 bits per heavy atom. The zero-order valence-corrected chi connectivity index (χ0v) is 10.3. The Morgan fingerprint density at radius 1 is 1.29 bits per heavy atom. The third kappa shape index (κ3) is 1.67. The van der Waals surface area contributed by atoms with Gasteiger partial charge in [-0.15, -0.1) is 11.3 Å². The van der Waals surface area contributed by atoms with Crippen LogP contribution >= 0.6 is 11.3 Å². The summed E-state index contributed by atoms with van der Waals surface area (Å²) >= 11 is 1.16. The van der Waals surface area contributed by atoms with E-state index < -0.39 is 17.3 Å². The van der Waals surface area contributed by atoms with Gasteiger partial charge in [-0.25, -0.2) is 0 Å². The van der Waals surface area contributed by atoms with Crippen molar-refractivity contribution in [3.63, 3.8) is 0 Å². The van der Waals surface area contributed by atoms with E-state index in [1.54, 1.807) is 12.3 Å². The topological polar surface area (TPSA) is 22.0 Å². The van der Waals surface area contributed by atoms with Gasteiger partial charge in [0.1, 0.15) is 4.83 Å². The third-order valence-corrected chi connectivity index (χ3v) is 3.97. The van der Waals surface area contributed by atoms with Gasteiger partial charge in [-0.3, -0.25) is 4.79 Å². The van der Waals surface area contributed by atoms with Crippen molar-refractivity contribution in [3.8, 4) is 0 Å². The maximum Gasteiger partial charge on any atom is 0.417 e. The summed E-state index contributed by atoms with van der Waals surface area (Å²) < 4.78 is 40.3. The van der Waals surface area contributed by atoms with Crippen molar-refractivity contribution < 1.29 is 13.2 Å². The Labute approximate surface area is 99.3 Å². The molecule has 0 aliphatic rings. The third-order valence-electron chi connectivity index (χ3n) is 2.79. The highest BCUT2D eigenvalue weighted by Crippen LogP contribution is 2.39. The molecule has 2 heterocycles. The van der Waals surface area contributed by atoms with E-state index in [0.717, 1.165) is 11.3 Å². The van der Waals surface area contributed by atoms with E-state index in [0.29, 0.717) is 10.4 Å². The molecule has 2 nitrogen and oxygen atoms in total. The molecule has 6 heteroatoms. The molecule has 0 bridgehead atoms. The second kappa shape index (κ2) is 3.60. The molecule has 0 amide bonds. The molecule has 92 valence electrons. The smallest absolute Gasteiger partial charge is 0.303 e. The number of halogens is 3. The number of rotatable bonds is 0. The lowest BCUT2D eigenvalue weighted by Gasteiger charge is -2.14. The lowest BCUT2D eigenvalue weighted by molar-refractivity contribution is -0.136. The Hall–Kier alpha value is -1.30. The van der Waals surface area contributed by atoms with Crippen LogP contribution in [0.1, 0.15) is 16.7 Å². The monoisotopic (exact) mass is 261 g/mol. The van der Waals surface area contributed by atoms with Gasteiger partial charge < -0.3 is 4.57 Å². The summed E-state index contributed by atoms with van der Waals surface area (Å²) in [6.07, 6.45) is -4.50. The highest BCUT2D eigenvalue weighted by molar-refractivity contribution is 7.17. The summed E-state index contributed by atoms with van der Waals surface area (Å²) in [5.41, 5.74) is -1.08. The molecular weight excluding hydrogens is 251 g/mol. The van der Waals surface area contributed by atoms with E-state index in [2.05, 4.69) is 0 Å². The summed E-state index contributed by atoms with van der Waals surface area (Å²) in [6, 6.07) is 0. The fourth-order valence-electron chi connectivity index (χ4n) is 1.97. The highest BCUT2D eigenvalue weighted by atomic mass is 32.1. The van der Waals surface area contributed by atoms with Gasteiger partial charge in [0.2, 0.25) is 0 Å². The van der Waals surface area contributed by atoms with Gasteiger partial charge in [-0.2, -0.15) is 13.2 Å². The van der Waals surface area contributed by atoms with Crippen LogP contribution in [0.4, 0.5) is 13.2 Å². The molecule has 0 fully saturated rings. The average molecular weight is 261 g/mol. The number of aromatic nitrogens is 1. The Kier molecular flexibility index (Phi) is 2.57. The Balaban J connectivity index is 3.10. The number of thiophene rings is 1. The van der Waals surface area contributed by atoms with Crippen LogP contribution < -0.4 is 5.56 Å². The van der Waals surface area contributed by atoms with E-state index in [9.17, 15) is 18.0 Å². The molecule has 0 saturated heterocycles. The number of aryl methyl sites for hydroxylation is 2. The maximum absolute atomic E-state index is 13.0. The zero-order valence-electron chi connectivity index (χ0n) is 9.47. The van der Waals surface area contributed by atoms with Gasteiger partial charge in [0, 0.05) is 18.0 Å². The van der Waals surface area contributed by atoms with Crippen molar-refractivity contribution in [2.45, 2.75) is 20.0 Å².